The number of piperidine rings is 3. The number of rotatable bonds is 9. The minimum absolute atomic E-state index is 0.583. The molecule has 7 heteroatoms. The van der Waals surface area contributed by atoms with E-state index in [0.717, 1.165) is 69.4 Å². The summed E-state index contributed by atoms with van der Waals surface area (Å²) in [6.45, 7) is 9.65. The van der Waals surface area contributed by atoms with Crippen molar-refractivity contribution in [3.05, 3.63) is 57.6 Å². The average Bonchev–Trinajstić information content (AvgIpc) is 2.93. The Kier molecular flexibility index (Phi) is 10.0. The molecule has 0 bridgehead atoms. The summed E-state index contributed by atoms with van der Waals surface area (Å²) in [6, 6.07) is 12.9. The van der Waals surface area contributed by atoms with Crippen LogP contribution < -0.4 is 10.6 Å². The van der Waals surface area contributed by atoms with E-state index in [-0.39, 0.29) is 0 Å². The number of amides is 1. The number of hydrogen-bond donors (Lipinski definition) is 2. The highest BCUT2D eigenvalue weighted by atomic mass is 35.5. The minimum Gasteiger partial charge on any atom is -0.358 e. The summed E-state index contributed by atoms with van der Waals surface area (Å²) in [5, 5.41) is 7.72. The third-order valence-electron chi connectivity index (χ3n) is 8.94. The van der Waals surface area contributed by atoms with Gasteiger partial charge in [0.25, 0.3) is 0 Å². The van der Waals surface area contributed by atoms with E-state index in [2.05, 4.69) is 38.6 Å². The zero-order valence-corrected chi connectivity index (χ0v) is 24.0. The first-order valence-electron chi connectivity index (χ1n) is 14.5. The number of nitrogens with one attached hydrogen (secondary N) is 2. The van der Waals surface area contributed by atoms with Gasteiger partial charge < -0.3 is 10.6 Å². The molecule has 0 spiro atoms. The number of benzene rings is 2. The van der Waals surface area contributed by atoms with Crippen molar-refractivity contribution in [1.29, 1.82) is 0 Å². The van der Waals surface area contributed by atoms with Gasteiger partial charge in [0.1, 0.15) is 0 Å². The molecule has 2 aromatic rings. The summed E-state index contributed by atoms with van der Waals surface area (Å²) < 4.78 is 0. The Labute approximate surface area is 238 Å². The normalized spacial score (nSPS) is 21.0. The third-order valence-corrected chi connectivity index (χ3v) is 9.38. The quantitative estimate of drug-likeness (QED) is 0.381. The van der Waals surface area contributed by atoms with Gasteiger partial charge in [-0.05, 0) is 148 Å². The van der Waals surface area contributed by atoms with Gasteiger partial charge in [-0.3, -0.25) is 14.6 Å². The number of halogens is 2. The van der Waals surface area contributed by atoms with Gasteiger partial charge in [-0.25, -0.2) is 0 Å². The lowest BCUT2D eigenvalue weighted by Gasteiger charge is -2.38. The van der Waals surface area contributed by atoms with Crippen molar-refractivity contribution in [3.63, 3.8) is 0 Å². The molecule has 2 N–H and O–H groups in total. The van der Waals surface area contributed by atoms with E-state index >= 15 is 0 Å². The average molecular weight is 558 g/mol. The molecular formula is C31H42Cl2N4O. The van der Waals surface area contributed by atoms with E-state index in [1.54, 1.807) is 6.07 Å². The van der Waals surface area contributed by atoms with Crippen LogP contribution in [0.5, 0.6) is 0 Å². The van der Waals surface area contributed by atoms with Gasteiger partial charge in [0, 0.05) is 29.7 Å². The van der Waals surface area contributed by atoms with E-state index in [1.807, 2.05) is 12.1 Å². The fourth-order valence-electron chi connectivity index (χ4n) is 6.81. The van der Waals surface area contributed by atoms with Crippen molar-refractivity contribution in [2.24, 2.45) is 17.8 Å². The maximum absolute atomic E-state index is 10.7. The van der Waals surface area contributed by atoms with E-state index in [9.17, 15) is 4.79 Å². The third kappa shape index (κ3) is 7.73. The Morgan fingerprint density at radius 3 is 1.84 bits per heavy atom. The molecule has 3 fully saturated rings. The Morgan fingerprint density at radius 2 is 1.26 bits per heavy atom. The largest absolute Gasteiger partial charge is 0.358 e. The van der Waals surface area contributed by atoms with Gasteiger partial charge in [-0.1, -0.05) is 29.3 Å². The van der Waals surface area contributed by atoms with Crippen LogP contribution in [-0.4, -0.2) is 62.0 Å². The fourth-order valence-corrected chi connectivity index (χ4v) is 7.34. The van der Waals surface area contributed by atoms with Gasteiger partial charge in [0.05, 0.1) is 0 Å². The smallest absolute Gasteiger partial charge is 0.207 e. The maximum Gasteiger partial charge on any atom is 0.207 e. The highest BCUT2D eigenvalue weighted by Crippen LogP contribution is 2.33. The van der Waals surface area contributed by atoms with Crippen molar-refractivity contribution in [2.75, 3.05) is 45.8 Å². The molecule has 5 nitrogen and oxygen atoms in total. The first-order valence-corrected chi connectivity index (χ1v) is 15.2. The van der Waals surface area contributed by atoms with Crippen molar-refractivity contribution in [3.8, 4) is 11.1 Å². The number of likely N-dealkylation sites (tertiary alicyclic amines) is 2. The predicted octanol–water partition coefficient (Wildman–Crippen LogP) is 5.83. The van der Waals surface area contributed by atoms with Crippen LogP contribution in [0, 0.1) is 17.8 Å². The molecular weight excluding hydrogens is 515 g/mol. The van der Waals surface area contributed by atoms with Crippen LogP contribution in [0.3, 0.4) is 0 Å². The summed E-state index contributed by atoms with van der Waals surface area (Å²) >= 11 is 12.8. The Hall–Kier alpha value is -1.63. The standard InChI is InChI=1S/C31H42Cl2N4O/c32-30-16-29(17-31(33)18-30)28-14-24(20-36-9-3-23(4-10-36)19-35-22-38)13-25(15-28)21-37-11-5-27(6-12-37)26-1-7-34-8-2-26/h13-18,22-23,26-27,34H,1-12,19-21H2,(H,35,38). The van der Waals surface area contributed by atoms with E-state index < -0.39 is 0 Å². The molecule has 0 aromatic heterocycles. The lowest BCUT2D eigenvalue weighted by atomic mass is 9.79. The molecule has 2 aromatic carbocycles. The zero-order chi connectivity index (χ0) is 26.3. The maximum atomic E-state index is 10.7. The summed E-state index contributed by atoms with van der Waals surface area (Å²) in [7, 11) is 0. The molecule has 3 heterocycles. The van der Waals surface area contributed by atoms with Crippen LogP contribution in [0.2, 0.25) is 10.0 Å². The van der Waals surface area contributed by atoms with Crippen LogP contribution in [0.25, 0.3) is 11.1 Å². The summed E-state index contributed by atoms with van der Waals surface area (Å²) in [4.78, 5) is 15.9. The second-order valence-electron chi connectivity index (χ2n) is 11.6. The summed E-state index contributed by atoms with van der Waals surface area (Å²) in [6.07, 6.45) is 8.43. The minimum atomic E-state index is 0.583. The highest BCUT2D eigenvalue weighted by Gasteiger charge is 2.27. The second kappa shape index (κ2) is 13.6. The van der Waals surface area contributed by atoms with Gasteiger partial charge in [-0.15, -0.1) is 0 Å². The van der Waals surface area contributed by atoms with Crippen molar-refractivity contribution in [2.45, 2.75) is 51.6 Å². The van der Waals surface area contributed by atoms with E-state index in [1.165, 1.54) is 68.6 Å². The Morgan fingerprint density at radius 1 is 0.737 bits per heavy atom. The van der Waals surface area contributed by atoms with Crippen LogP contribution in [0.15, 0.2) is 36.4 Å². The number of carbonyl (C=O) groups is 1. The molecule has 0 unspecified atom stereocenters. The van der Waals surface area contributed by atoms with Crippen LogP contribution in [-0.2, 0) is 17.9 Å². The van der Waals surface area contributed by atoms with Crippen LogP contribution in [0.4, 0.5) is 0 Å². The van der Waals surface area contributed by atoms with E-state index in [4.69, 9.17) is 23.2 Å². The van der Waals surface area contributed by atoms with Gasteiger partial charge >= 0.3 is 0 Å². The molecule has 0 atom stereocenters. The van der Waals surface area contributed by atoms with Gasteiger partial charge in [0.2, 0.25) is 6.41 Å². The number of hydrogen-bond acceptors (Lipinski definition) is 4. The topological polar surface area (TPSA) is 47.6 Å². The molecule has 38 heavy (non-hydrogen) atoms. The highest BCUT2D eigenvalue weighted by molar-refractivity contribution is 6.35. The predicted molar refractivity (Wildman–Crippen MR) is 158 cm³/mol. The molecule has 3 aliphatic heterocycles. The molecule has 0 aliphatic carbocycles. The first-order chi connectivity index (χ1) is 18.6. The monoisotopic (exact) mass is 556 g/mol. The van der Waals surface area contributed by atoms with Crippen LogP contribution >= 0.6 is 23.2 Å². The Balaban J connectivity index is 1.27. The number of nitrogens with zero attached hydrogens (tertiary/aromatic N) is 2. The molecule has 5 rings (SSSR count). The van der Waals surface area contributed by atoms with Crippen molar-refractivity contribution >= 4 is 29.6 Å². The molecule has 3 aliphatic rings. The van der Waals surface area contributed by atoms with Crippen molar-refractivity contribution in [1.82, 2.24) is 20.4 Å². The van der Waals surface area contributed by atoms with Gasteiger partial charge in [0.15, 0.2) is 0 Å². The van der Waals surface area contributed by atoms with E-state index in [0.29, 0.717) is 16.0 Å². The molecule has 3 saturated heterocycles. The summed E-state index contributed by atoms with van der Waals surface area (Å²) in [5.74, 6) is 2.40. The zero-order valence-electron chi connectivity index (χ0n) is 22.4. The SMILES string of the molecule is O=CNCC1CCN(Cc2cc(CN3CCC(C4CCNCC4)CC3)cc(-c3cc(Cl)cc(Cl)c3)c2)CC1. The first kappa shape index (κ1) is 27.9. The Bertz CT molecular complexity index is 1040. The van der Waals surface area contributed by atoms with Gasteiger partial charge in [-0.2, -0.15) is 0 Å². The molecule has 206 valence electrons. The fraction of sp³-hybridized carbons (Fsp3) is 0.581. The molecule has 0 radical (unpaired) electrons. The second-order valence-corrected chi connectivity index (χ2v) is 12.5. The number of carbonyl (C=O) groups excluding carboxylic acids is 1. The lowest BCUT2D eigenvalue weighted by molar-refractivity contribution is -0.109. The van der Waals surface area contributed by atoms with Crippen molar-refractivity contribution < 1.29 is 4.79 Å². The van der Waals surface area contributed by atoms with Crippen LogP contribution in [0.1, 0.15) is 49.7 Å². The lowest BCUT2D eigenvalue weighted by Crippen LogP contribution is -2.39. The molecule has 1 amide bonds. The molecule has 0 saturated carbocycles. The summed E-state index contributed by atoms with van der Waals surface area (Å²) in [5.41, 5.74) is 4.99.